The monoisotopic (exact) mass is 254 g/mol. The number of nitrogens with zero attached hydrogens (tertiary/aromatic N) is 3. The second-order valence-corrected chi connectivity index (χ2v) is 4.28. The summed E-state index contributed by atoms with van der Waals surface area (Å²) in [6, 6.07) is 8.73. The van der Waals surface area contributed by atoms with Crippen LogP contribution >= 0.6 is 0 Å². The van der Waals surface area contributed by atoms with Crippen LogP contribution in [0.4, 0.5) is 0 Å². The molecular weight excluding hydrogens is 242 g/mol. The number of carbonyl (C=O) groups is 2. The lowest BCUT2D eigenvalue weighted by Crippen LogP contribution is -2.31. The number of benzene rings is 1. The Morgan fingerprint density at radius 1 is 1.00 bits per heavy atom. The predicted octanol–water partition coefficient (Wildman–Crippen LogP) is 1.38. The third-order valence-corrected chi connectivity index (χ3v) is 3.07. The maximum atomic E-state index is 12.1. The summed E-state index contributed by atoms with van der Waals surface area (Å²) < 4.78 is 1.73. The van der Waals surface area contributed by atoms with Gasteiger partial charge in [0, 0.05) is 31.9 Å². The molecule has 1 aliphatic heterocycles. The summed E-state index contributed by atoms with van der Waals surface area (Å²) in [7, 11) is 0. The molecule has 0 N–H and O–H groups in total. The fraction of sp³-hybridized carbons (Fsp3) is 0.143. The third-order valence-electron chi connectivity index (χ3n) is 3.07. The molecule has 1 radical (unpaired) electrons. The first-order chi connectivity index (χ1) is 9.27. The van der Waals surface area contributed by atoms with Crippen molar-refractivity contribution in [3.05, 3.63) is 60.3 Å². The van der Waals surface area contributed by atoms with Gasteiger partial charge in [-0.2, -0.15) is 5.10 Å². The van der Waals surface area contributed by atoms with Crippen LogP contribution in [0.15, 0.2) is 42.7 Å². The summed E-state index contributed by atoms with van der Waals surface area (Å²) in [4.78, 5) is 25.4. The molecule has 1 aliphatic rings. The van der Waals surface area contributed by atoms with Crippen LogP contribution in [0.1, 0.15) is 20.7 Å². The Morgan fingerprint density at radius 2 is 1.68 bits per heavy atom. The van der Waals surface area contributed by atoms with Crippen molar-refractivity contribution >= 4 is 11.8 Å². The Labute approximate surface area is 110 Å². The first-order valence-corrected chi connectivity index (χ1v) is 6.01. The summed E-state index contributed by atoms with van der Waals surface area (Å²) in [6.07, 6.45) is 5.38. The lowest BCUT2D eigenvalue weighted by molar-refractivity contribution is 0.0665. The average molecular weight is 254 g/mol. The van der Waals surface area contributed by atoms with E-state index in [1.807, 2.05) is 18.7 Å². The molecule has 2 amide bonds. The molecule has 2 aromatic rings. The van der Waals surface area contributed by atoms with Crippen molar-refractivity contribution in [2.45, 2.75) is 6.54 Å². The molecule has 0 fully saturated rings. The molecule has 0 atom stereocenters. The van der Waals surface area contributed by atoms with Crippen molar-refractivity contribution in [2.24, 2.45) is 0 Å². The van der Waals surface area contributed by atoms with Crippen LogP contribution in [0.25, 0.3) is 0 Å². The van der Waals surface area contributed by atoms with E-state index in [0.717, 1.165) is 0 Å². The van der Waals surface area contributed by atoms with Crippen molar-refractivity contribution in [1.29, 1.82) is 0 Å². The van der Waals surface area contributed by atoms with Crippen LogP contribution in [0.2, 0.25) is 0 Å². The smallest absolute Gasteiger partial charge is 0.261 e. The van der Waals surface area contributed by atoms with E-state index in [0.29, 0.717) is 24.2 Å². The highest BCUT2D eigenvalue weighted by molar-refractivity contribution is 6.21. The summed E-state index contributed by atoms with van der Waals surface area (Å²) in [6.45, 7) is 0.868. The number of hydrogen-bond acceptors (Lipinski definition) is 3. The summed E-state index contributed by atoms with van der Waals surface area (Å²) >= 11 is 0. The molecule has 5 nitrogen and oxygen atoms in total. The van der Waals surface area contributed by atoms with Gasteiger partial charge in [-0.1, -0.05) is 12.1 Å². The van der Waals surface area contributed by atoms with E-state index in [1.54, 1.807) is 35.1 Å². The van der Waals surface area contributed by atoms with Gasteiger partial charge in [0.1, 0.15) is 0 Å². The molecule has 0 bridgehead atoms. The molecular formula is C14H12N3O2. The maximum Gasteiger partial charge on any atom is 0.261 e. The van der Waals surface area contributed by atoms with Gasteiger partial charge in [-0.05, 0) is 18.2 Å². The van der Waals surface area contributed by atoms with E-state index >= 15 is 0 Å². The van der Waals surface area contributed by atoms with Crippen molar-refractivity contribution < 1.29 is 9.59 Å². The highest BCUT2D eigenvalue weighted by Crippen LogP contribution is 2.22. The number of amides is 2. The molecule has 95 valence electrons. The predicted molar refractivity (Wildman–Crippen MR) is 68.3 cm³/mol. The Bertz CT molecular complexity index is 584. The van der Waals surface area contributed by atoms with Gasteiger partial charge < -0.3 is 0 Å². The van der Waals surface area contributed by atoms with Gasteiger partial charge in [0.05, 0.1) is 11.1 Å². The van der Waals surface area contributed by atoms with Crippen molar-refractivity contribution in [2.75, 3.05) is 6.54 Å². The molecule has 0 unspecified atom stereocenters. The van der Waals surface area contributed by atoms with Crippen LogP contribution in [0, 0.1) is 6.42 Å². The van der Waals surface area contributed by atoms with Gasteiger partial charge >= 0.3 is 0 Å². The topological polar surface area (TPSA) is 55.2 Å². The zero-order valence-corrected chi connectivity index (χ0v) is 10.2. The third kappa shape index (κ3) is 2.03. The largest absolute Gasteiger partial charge is 0.274 e. The quantitative estimate of drug-likeness (QED) is 0.775. The van der Waals surface area contributed by atoms with Crippen LogP contribution in [-0.2, 0) is 6.54 Å². The van der Waals surface area contributed by atoms with Crippen LogP contribution in [-0.4, -0.2) is 33.0 Å². The highest BCUT2D eigenvalue weighted by Gasteiger charge is 2.34. The van der Waals surface area contributed by atoms with E-state index in [-0.39, 0.29) is 11.8 Å². The summed E-state index contributed by atoms with van der Waals surface area (Å²) in [5.41, 5.74) is 0.972. The van der Waals surface area contributed by atoms with Gasteiger partial charge in [0.25, 0.3) is 11.8 Å². The van der Waals surface area contributed by atoms with E-state index in [1.165, 1.54) is 4.90 Å². The van der Waals surface area contributed by atoms with Crippen molar-refractivity contribution in [3.8, 4) is 0 Å². The standard InChI is InChI=1S/C14H12N3O2/c18-13-11-5-1-2-6-12(11)14(19)17(13)10-4-9-16-8-3-7-15-16/h1-8H,9-10H2. The molecule has 5 heteroatoms. The molecule has 1 aromatic heterocycles. The van der Waals surface area contributed by atoms with E-state index in [4.69, 9.17) is 0 Å². The first kappa shape index (κ1) is 11.6. The maximum absolute atomic E-state index is 12.1. The second kappa shape index (κ2) is 4.68. The zero-order chi connectivity index (χ0) is 13.2. The lowest BCUT2D eigenvalue weighted by Gasteiger charge is -2.13. The molecule has 3 rings (SSSR count). The number of carbonyl (C=O) groups excluding carboxylic acids is 2. The number of hydrogen-bond donors (Lipinski definition) is 0. The van der Waals surface area contributed by atoms with Gasteiger partial charge in [0.2, 0.25) is 0 Å². The van der Waals surface area contributed by atoms with Gasteiger partial charge in [-0.15, -0.1) is 0 Å². The van der Waals surface area contributed by atoms with Crippen LogP contribution < -0.4 is 0 Å². The lowest BCUT2D eigenvalue weighted by atomic mass is 10.1. The second-order valence-electron chi connectivity index (χ2n) is 4.28. The minimum atomic E-state index is -0.225. The summed E-state index contributed by atoms with van der Waals surface area (Å²) in [5, 5.41) is 4.05. The van der Waals surface area contributed by atoms with Crippen LogP contribution in [0.5, 0.6) is 0 Å². The molecule has 0 saturated heterocycles. The first-order valence-electron chi connectivity index (χ1n) is 6.01. The summed E-state index contributed by atoms with van der Waals surface area (Å²) in [5.74, 6) is -0.449. The Morgan fingerprint density at radius 3 is 2.26 bits per heavy atom. The highest BCUT2D eigenvalue weighted by atomic mass is 16.2. The number of aromatic nitrogens is 2. The molecule has 0 saturated carbocycles. The van der Waals surface area contributed by atoms with Gasteiger partial charge in [-0.25, -0.2) is 0 Å². The number of fused-ring (bicyclic) bond motifs is 1. The van der Waals surface area contributed by atoms with Crippen molar-refractivity contribution in [3.63, 3.8) is 0 Å². The van der Waals surface area contributed by atoms with Gasteiger partial charge in [0.15, 0.2) is 0 Å². The molecule has 0 spiro atoms. The van der Waals surface area contributed by atoms with E-state index in [2.05, 4.69) is 5.10 Å². The molecule has 2 heterocycles. The normalized spacial score (nSPS) is 14.0. The zero-order valence-electron chi connectivity index (χ0n) is 10.2. The SMILES string of the molecule is O=C1c2ccccc2C(=O)N1C[CH]Cn1cccn1. The minimum absolute atomic E-state index is 0.225. The minimum Gasteiger partial charge on any atom is -0.274 e. The Kier molecular flexibility index (Phi) is 2.87. The Balaban J connectivity index is 1.67. The van der Waals surface area contributed by atoms with Crippen molar-refractivity contribution in [1.82, 2.24) is 14.7 Å². The van der Waals surface area contributed by atoms with Crippen LogP contribution in [0.3, 0.4) is 0 Å². The van der Waals surface area contributed by atoms with E-state index < -0.39 is 0 Å². The average Bonchev–Trinajstić information content (AvgIpc) is 3.02. The fourth-order valence-electron chi connectivity index (χ4n) is 2.13. The number of imide groups is 1. The molecule has 1 aromatic carbocycles. The number of rotatable bonds is 4. The Hall–Kier alpha value is -2.43. The fourth-order valence-corrected chi connectivity index (χ4v) is 2.13. The van der Waals surface area contributed by atoms with Gasteiger partial charge in [-0.3, -0.25) is 19.2 Å². The van der Waals surface area contributed by atoms with E-state index in [9.17, 15) is 9.59 Å². The molecule has 19 heavy (non-hydrogen) atoms. The molecule has 0 aliphatic carbocycles.